The zero-order valence-electron chi connectivity index (χ0n) is 11.5. The Morgan fingerprint density at radius 1 is 1.63 bits per heavy atom. The second kappa shape index (κ2) is 5.77. The van der Waals surface area contributed by atoms with Crippen molar-refractivity contribution in [1.29, 1.82) is 0 Å². The third-order valence-corrected chi connectivity index (χ3v) is 4.03. The van der Waals surface area contributed by atoms with E-state index < -0.39 is 5.60 Å². The van der Waals surface area contributed by atoms with Crippen LogP contribution in [0.3, 0.4) is 0 Å². The number of ether oxygens (including phenoxy) is 1. The van der Waals surface area contributed by atoms with Crippen molar-refractivity contribution in [3.05, 3.63) is 15.5 Å². The number of esters is 1. The second-order valence-corrected chi connectivity index (χ2v) is 7.44. The fourth-order valence-electron chi connectivity index (χ4n) is 2.21. The SMILES string of the molecule is CC(C)(C)OC(=O)[C@@H]1CCCN1Cc1cnc(Cl)s1. The van der Waals surface area contributed by atoms with E-state index in [1.165, 1.54) is 11.3 Å². The summed E-state index contributed by atoms with van der Waals surface area (Å²) in [4.78, 5) is 19.4. The zero-order valence-corrected chi connectivity index (χ0v) is 13.1. The van der Waals surface area contributed by atoms with Crippen LogP contribution in [0.4, 0.5) is 0 Å². The van der Waals surface area contributed by atoms with Crippen LogP contribution in [-0.4, -0.2) is 34.0 Å². The fraction of sp³-hybridized carbons (Fsp3) is 0.692. The average molecular weight is 303 g/mol. The molecule has 106 valence electrons. The number of thiazole rings is 1. The number of likely N-dealkylation sites (tertiary alicyclic amines) is 1. The van der Waals surface area contributed by atoms with Crippen LogP contribution in [0.25, 0.3) is 0 Å². The van der Waals surface area contributed by atoms with Gasteiger partial charge in [-0.3, -0.25) is 9.69 Å². The lowest BCUT2D eigenvalue weighted by Gasteiger charge is -2.26. The molecule has 0 saturated carbocycles. The van der Waals surface area contributed by atoms with Gasteiger partial charge in [0, 0.05) is 17.6 Å². The molecule has 6 heteroatoms. The van der Waals surface area contributed by atoms with Crippen molar-refractivity contribution in [2.24, 2.45) is 0 Å². The van der Waals surface area contributed by atoms with Crippen molar-refractivity contribution in [1.82, 2.24) is 9.88 Å². The first kappa shape index (κ1) is 14.8. The molecule has 0 aliphatic carbocycles. The van der Waals surface area contributed by atoms with Crippen molar-refractivity contribution in [2.45, 2.75) is 51.8 Å². The molecule has 2 rings (SSSR count). The Labute approximate surface area is 122 Å². The summed E-state index contributed by atoms with van der Waals surface area (Å²) in [6.45, 7) is 7.32. The summed E-state index contributed by atoms with van der Waals surface area (Å²) < 4.78 is 6.02. The average Bonchev–Trinajstić information content (AvgIpc) is 2.86. The number of carbonyl (C=O) groups excluding carboxylic acids is 1. The first-order chi connectivity index (χ1) is 8.85. The summed E-state index contributed by atoms with van der Waals surface area (Å²) >= 11 is 7.29. The van der Waals surface area contributed by atoms with Crippen LogP contribution < -0.4 is 0 Å². The molecule has 0 aromatic carbocycles. The van der Waals surface area contributed by atoms with Crippen LogP contribution in [0, 0.1) is 0 Å². The Bertz CT molecular complexity index is 456. The highest BCUT2D eigenvalue weighted by Crippen LogP contribution is 2.26. The first-order valence-corrected chi connectivity index (χ1v) is 7.62. The molecule has 1 fully saturated rings. The van der Waals surface area contributed by atoms with Gasteiger partial charge in [0.15, 0.2) is 4.47 Å². The van der Waals surface area contributed by atoms with E-state index in [1.54, 1.807) is 6.20 Å². The normalized spacial score (nSPS) is 20.7. The molecule has 1 saturated heterocycles. The molecule has 1 aromatic heterocycles. The quantitative estimate of drug-likeness (QED) is 0.805. The minimum absolute atomic E-state index is 0.124. The number of hydrogen-bond donors (Lipinski definition) is 0. The lowest BCUT2D eigenvalue weighted by molar-refractivity contribution is -0.160. The predicted molar refractivity (Wildman–Crippen MR) is 76.4 cm³/mol. The number of nitrogens with zero attached hydrogens (tertiary/aromatic N) is 2. The van der Waals surface area contributed by atoms with Crippen LogP contribution in [-0.2, 0) is 16.1 Å². The monoisotopic (exact) mass is 302 g/mol. The van der Waals surface area contributed by atoms with E-state index in [0.29, 0.717) is 11.0 Å². The van der Waals surface area contributed by atoms with Gasteiger partial charge in [-0.2, -0.15) is 0 Å². The molecule has 19 heavy (non-hydrogen) atoms. The molecule has 1 aromatic rings. The van der Waals surface area contributed by atoms with Gasteiger partial charge in [0.25, 0.3) is 0 Å². The van der Waals surface area contributed by atoms with E-state index in [4.69, 9.17) is 16.3 Å². The molecule has 0 bridgehead atoms. The molecular weight excluding hydrogens is 284 g/mol. The number of hydrogen-bond acceptors (Lipinski definition) is 5. The molecule has 2 heterocycles. The maximum Gasteiger partial charge on any atom is 0.323 e. The summed E-state index contributed by atoms with van der Waals surface area (Å²) in [5.41, 5.74) is -0.431. The van der Waals surface area contributed by atoms with Crippen molar-refractivity contribution in [3.63, 3.8) is 0 Å². The standard InChI is InChI=1S/C13H19ClN2O2S/c1-13(2,3)18-11(17)10-5-4-6-16(10)8-9-7-15-12(14)19-9/h7,10H,4-6,8H2,1-3H3/t10-/m0/s1. The Morgan fingerprint density at radius 2 is 2.37 bits per heavy atom. The third-order valence-electron chi connectivity index (χ3n) is 2.93. The summed E-state index contributed by atoms with van der Waals surface area (Å²) in [6, 6.07) is -0.139. The topological polar surface area (TPSA) is 42.4 Å². The highest BCUT2D eigenvalue weighted by Gasteiger charge is 2.34. The summed E-state index contributed by atoms with van der Waals surface area (Å²) in [5, 5.41) is 0. The predicted octanol–water partition coefficient (Wildman–Crippen LogP) is 3.10. The van der Waals surface area contributed by atoms with E-state index in [9.17, 15) is 4.79 Å². The van der Waals surface area contributed by atoms with Gasteiger partial charge < -0.3 is 4.74 Å². The number of halogens is 1. The van der Waals surface area contributed by atoms with Crippen LogP contribution >= 0.6 is 22.9 Å². The second-order valence-electron chi connectivity index (χ2n) is 5.74. The minimum atomic E-state index is -0.431. The molecule has 1 aliphatic heterocycles. The van der Waals surface area contributed by atoms with Crippen LogP contribution in [0.2, 0.25) is 4.47 Å². The molecule has 0 N–H and O–H groups in total. The van der Waals surface area contributed by atoms with Gasteiger partial charge in [-0.15, -0.1) is 11.3 Å². The lowest BCUT2D eigenvalue weighted by Crippen LogP contribution is -2.39. The van der Waals surface area contributed by atoms with Gasteiger partial charge in [-0.1, -0.05) is 11.6 Å². The van der Waals surface area contributed by atoms with E-state index in [1.807, 2.05) is 20.8 Å². The molecule has 4 nitrogen and oxygen atoms in total. The van der Waals surface area contributed by atoms with Crippen molar-refractivity contribution in [2.75, 3.05) is 6.54 Å². The number of aromatic nitrogens is 1. The highest BCUT2D eigenvalue weighted by atomic mass is 35.5. The lowest BCUT2D eigenvalue weighted by atomic mass is 10.1. The number of carbonyl (C=O) groups is 1. The molecular formula is C13H19ClN2O2S. The Morgan fingerprint density at radius 3 is 2.95 bits per heavy atom. The van der Waals surface area contributed by atoms with Gasteiger partial charge in [0.1, 0.15) is 11.6 Å². The summed E-state index contributed by atoms with van der Waals surface area (Å²) in [5.74, 6) is -0.124. The van der Waals surface area contributed by atoms with Gasteiger partial charge in [0.2, 0.25) is 0 Å². The van der Waals surface area contributed by atoms with Crippen molar-refractivity contribution in [3.8, 4) is 0 Å². The maximum absolute atomic E-state index is 12.2. The van der Waals surface area contributed by atoms with Gasteiger partial charge in [0.05, 0.1) is 0 Å². The van der Waals surface area contributed by atoms with Gasteiger partial charge >= 0.3 is 5.97 Å². The van der Waals surface area contributed by atoms with E-state index in [-0.39, 0.29) is 12.0 Å². The van der Waals surface area contributed by atoms with E-state index in [2.05, 4.69) is 9.88 Å². The molecule has 0 amide bonds. The molecule has 0 spiro atoms. The summed E-state index contributed by atoms with van der Waals surface area (Å²) in [6.07, 6.45) is 3.66. The molecule has 0 unspecified atom stereocenters. The third kappa shape index (κ3) is 4.16. The van der Waals surface area contributed by atoms with E-state index in [0.717, 1.165) is 24.3 Å². The smallest absolute Gasteiger partial charge is 0.323 e. The minimum Gasteiger partial charge on any atom is -0.459 e. The van der Waals surface area contributed by atoms with Crippen LogP contribution in [0.5, 0.6) is 0 Å². The number of rotatable bonds is 3. The largest absolute Gasteiger partial charge is 0.459 e. The highest BCUT2D eigenvalue weighted by molar-refractivity contribution is 7.15. The first-order valence-electron chi connectivity index (χ1n) is 6.42. The molecule has 1 atom stereocenters. The molecule has 1 aliphatic rings. The van der Waals surface area contributed by atoms with Gasteiger partial charge in [-0.05, 0) is 40.2 Å². The van der Waals surface area contributed by atoms with Crippen molar-refractivity contribution >= 4 is 28.9 Å². The Balaban J connectivity index is 1.98. The van der Waals surface area contributed by atoms with Crippen molar-refractivity contribution < 1.29 is 9.53 Å². The van der Waals surface area contributed by atoms with E-state index >= 15 is 0 Å². The molecule has 0 radical (unpaired) electrons. The fourth-order valence-corrected chi connectivity index (χ4v) is 3.21. The maximum atomic E-state index is 12.2. The Kier molecular flexibility index (Phi) is 4.48. The van der Waals surface area contributed by atoms with Crippen LogP contribution in [0.15, 0.2) is 6.20 Å². The van der Waals surface area contributed by atoms with Gasteiger partial charge in [-0.25, -0.2) is 4.98 Å². The van der Waals surface area contributed by atoms with Crippen LogP contribution in [0.1, 0.15) is 38.5 Å². The summed E-state index contributed by atoms with van der Waals surface area (Å²) in [7, 11) is 0. The zero-order chi connectivity index (χ0) is 14.0. The Hall–Kier alpha value is -0.650.